The van der Waals surface area contributed by atoms with E-state index in [4.69, 9.17) is 4.74 Å². The van der Waals surface area contributed by atoms with Crippen molar-refractivity contribution >= 4 is 11.8 Å². The zero-order valence-electron chi connectivity index (χ0n) is 14.0. The normalized spacial score (nSPS) is 15.5. The van der Waals surface area contributed by atoms with Gasteiger partial charge in [0.1, 0.15) is 11.8 Å². The van der Waals surface area contributed by atoms with Crippen LogP contribution in [0.2, 0.25) is 0 Å². The molecule has 1 N–H and O–H groups in total. The van der Waals surface area contributed by atoms with E-state index in [0.717, 1.165) is 31.7 Å². The molecular formula is C18H26N2O3. The van der Waals surface area contributed by atoms with Gasteiger partial charge in [-0.3, -0.25) is 9.59 Å². The number of rotatable bonds is 7. The molecule has 0 radical (unpaired) electrons. The lowest BCUT2D eigenvalue weighted by atomic mass is 10.0. The van der Waals surface area contributed by atoms with Gasteiger partial charge in [-0.15, -0.1) is 0 Å². The number of nitrogens with one attached hydrogen (secondary N) is 1. The first-order valence-electron chi connectivity index (χ1n) is 8.34. The van der Waals surface area contributed by atoms with Gasteiger partial charge in [-0.05, 0) is 30.9 Å². The van der Waals surface area contributed by atoms with Gasteiger partial charge in [0.05, 0.1) is 13.0 Å². The molecule has 1 atom stereocenters. The number of para-hydroxylation sites is 1. The first kappa shape index (κ1) is 17.3. The second-order valence-electron chi connectivity index (χ2n) is 6.23. The summed E-state index contributed by atoms with van der Waals surface area (Å²) >= 11 is 0. The summed E-state index contributed by atoms with van der Waals surface area (Å²) in [6.45, 7) is 5.82. The van der Waals surface area contributed by atoms with Crippen LogP contribution in [0.3, 0.4) is 0 Å². The van der Waals surface area contributed by atoms with E-state index in [9.17, 15) is 9.59 Å². The molecular weight excluding hydrogens is 292 g/mol. The van der Waals surface area contributed by atoms with Gasteiger partial charge in [-0.2, -0.15) is 0 Å². The molecule has 1 fully saturated rings. The second kappa shape index (κ2) is 8.56. The van der Waals surface area contributed by atoms with E-state index in [1.165, 1.54) is 0 Å². The fourth-order valence-corrected chi connectivity index (χ4v) is 2.67. The van der Waals surface area contributed by atoms with Crippen molar-refractivity contribution in [2.45, 2.75) is 39.2 Å². The summed E-state index contributed by atoms with van der Waals surface area (Å²) in [6.07, 6.45) is 2.34. The summed E-state index contributed by atoms with van der Waals surface area (Å²) in [5.74, 6) is 0.706. The minimum Gasteiger partial charge on any atom is -0.493 e. The number of carbonyl (C=O) groups excluding carboxylic acids is 2. The minimum atomic E-state index is -0.447. The highest BCUT2D eigenvalue weighted by Crippen LogP contribution is 2.13. The van der Waals surface area contributed by atoms with E-state index >= 15 is 0 Å². The molecule has 2 rings (SSSR count). The number of ether oxygens (including phenoxy) is 1. The van der Waals surface area contributed by atoms with Crippen LogP contribution in [0.15, 0.2) is 30.3 Å². The van der Waals surface area contributed by atoms with E-state index < -0.39 is 6.04 Å². The zero-order chi connectivity index (χ0) is 16.7. The second-order valence-corrected chi connectivity index (χ2v) is 6.23. The van der Waals surface area contributed by atoms with Crippen LogP contribution in [-0.4, -0.2) is 42.5 Å². The molecule has 5 heteroatoms. The van der Waals surface area contributed by atoms with Crippen LogP contribution in [0.5, 0.6) is 5.75 Å². The van der Waals surface area contributed by atoms with Crippen molar-refractivity contribution < 1.29 is 14.3 Å². The number of likely N-dealkylation sites (tertiary alicyclic amines) is 1. The molecule has 1 aromatic rings. The summed E-state index contributed by atoms with van der Waals surface area (Å²) in [5.41, 5.74) is 0. The third kappa shape index (κ3) is 5.27. The Morgan fingerprint density at radius 3 is 2.43 bits per heavy atom. The maximum Gasteiger partial charge on any atom is 0.245 e. The first-order chi connectivity index (χ1) is 11.1. The third-order valence-electron chi connectivity index (χ3n) is 4.01. The summed E-state index contributed by atoms with van der Waals surface area (Å²) in [4.78, 5) is 26.5. The molecule has 1 aromatic carbocycles. The number of hydrogen-bond donors (Lipinski definition) is 1. The Hall–Kier alpha value is -2.04. The molecule has 5 nitrogen and oxygen atoms in total. The SMILES string of the molecule is CC(C)[C@@H](NC(=O)CCOc1ccccc1)C(=O)N1CCCC1. The van der Waals surface area contributed by atoms with Crippen molar-refractivity contribution in [1.29, 1.82) is 0 Å². The molecule has 1 aliphatic rings. The minimum absolute atomic E-state index is 0.0369. The van der Waals surface area contributed by atoms with Gasteiger partial charge in [-0.1, -0.05) is 32.0 Å². The van der Waals surface area contributed by atoms with Crippen LogP contribution in [0.25, 0.3) is 0 Å². The molecule has 1 aliphatic heterocycles. The zero-order valence-corrected chi connectivity index (χ0v) is 14.0. The predicted octanol–water partition coefficient (Wildman–Crippen LogP) is 2.22. The van der Waals surface area contributed by atoms with Gasteiger partial charge in [0.2, 0.25) is 11.8 Å². The van der Waals surface area contributed by atoms with Gasteiger partial charge in [0.15, 0.2) is 0 Å². The molecule has 0 unspecified atom stereocenters. The maximum absolute atomic E-state index is 12.5. The highest BCUT2D eigenvalue weighted by Gasteiger charge is 2.29. The van der Waals surface area contributed by atoms with Gasteiger partial charge in [-0.25, -0.2) is 0 Å². The number of hydrogen-bond acceptors (Lipinski definition) is 3. The van der Waals surface area contributed by atoms with Crippen molar-refractivity contribution in [3.63, 3.8) is 0 Å². The van der Waals surface area contributed by atoms with E-state index in [1.807, 2.05) is 49.1 Å². The molecule has 0 spiro atoms. The average molecular weight is 318 g/mol. The Morgan fingerprint density at radius 1 is 1.17 bits per heavy atom. The van der Waals surface area contributed by atoms with Crippen molar-refractivity contribution in [1.82, 2.24) is 10.2 Å². The summed E-state index contributed by atoms with van der Waals surface area (Å²) in [7, 11) is 0. The fourth-order valence-electron chi connectivity index (χ4n) is 2.67. The van der Waals surface area contributed by atoms with Gasteiger partial charge in [0.25, 0.3) is 0 Å². The van der Waals surface area contributed by atoms with Crippen molar-refractivity contribution in [3.8, 4) is 5.75 Å². The van der Waals surface area contributed by atoms with Crippen LogP contribution in [0.4, 0.5) is 0 Å². The summed E-state index contributed by atoms with van der Waals surface area (Å²) in [6, 6.07) is 8.95. The molecule has 1 saturated heterocycles. The lowest BCUT2D eigenvalue weighted by Gasteiger charge is -2.26. The van der Waals surface area contributed by atoms with Gasteiger partial charge in [0, 0.05) is 13.1 Å². The number of carbonyl (C=O) groups is 2. The Morgan fingerprint density at radius 2 is 1.83 bits per heavy atom. The average Bonchev–Trinajstić information content (AvgIpc) is 3.07. The van der Waals surface area contributed by atoms with Crippen LogP contribution in [-0.2, 0) is 9.59 Å². The monoisotopic (exact) mass is 318 g/mol. The molecule has 0 aromatic heterocycles. The lowest BCUT2D eigenvalue weighted by Crippen LogP contribution is -2.50. The third-order valence-corrected chi connectivity index (χ3v) is 4.01. The quantitative estimate of drug-likeness (QED) is 0.838. The van der Waals surface area contributed by atoms with E-state index in [0.29, 0.717) is 6.61 Å². The fraction of sp³-hybridized carbons (Fsp3) is 0.556. The Balaban J connectivity index is 1.79. The van der Waals surface area contributed by atoms with Crippen LogP contribution in [0, 0.1) is 5.92 Å². The van der Waals surface area contributed by atoms with E-state index in [-0.39, 0.29) is 24.2 Å². The van der Waals surface area contributed by atoms with Crippen LogP contribution in [0.1, 0.15) is 33.1 Å². The molecule has 2 amide bonds. The topological polar surface area (TPSA) is 58.6 Å². The number of amides is 2. The van der Waals surface area contributed by atoms with Crippen molar-refractivity contribution in [2.24, 2.45) is 5.92 Å². The summed E-state index contributed by atoms with van der Waals surface area (Å²) < 4.78 is 5.52. The molecule has 23 heavy (non-hydrogen) atoms. The first-order valence-corrected chi connectivity index (χ1v) is 8.34. The Kier molecular flexibility index (Phi) is 6.44. The maximum atomic E-state index is 12.5. The highest BCUT2D eigenvalue weighted by atomic mass is 16.5. The number of nitrogens with zero attached hydrogens (tertiary/aromatic N) is 1. The number of benzene rings is 1. The van der Waals surface area contributed by atoms with E-state index in [2.05, 4.69) is 5.32 Å². The smallest absolute Gasteiger partial charge is 0.245 e. The molecule has 0 bridgehead atoms. The Bertz CT molecular complexity index is 510. The van der Waals surface area contributed by atoms with Crippen molar-refractivity contribution in [2.75, 3.05) is 19.7 Å². The molecule has 126 valence electrons. The molecule has 0 aliphatic carbocycles. The Labute approximate surface area is 138 Å². The summed E-state index contributed by atoms with van der Waals surface area (Å²) in [5, 5.41) is 2.87. The predicted molar refractivity (Wildman–Crippen MR) is 89.1 cm³/mol. The lowest BCUT2D eigenvalue weighted by molar-refractivity contribution is -0.137. The van der Waals surface area contributed by atoms with Gasteiger partial charge < -0.3 is 15.0 Å². The molecule has 0 saturated carbocycles. The highest BCUT2D eigenvalue weighted by molar-refractivity contribution is 5.88. The standard InChI is InChI=1S/C18H26N2O3/c1-14(2)17(18(22)20-11-6-7-12-20)19-16(21)10-13-23-15-8-4-3-5-9-15/h3-5,8-9,14,17H,6-7,10-13H2,1-2H3,(H,19,21)/t17-/m1/s1. The molecule has 1 heterocycles. The van der Waals surface area contributed by atoms with Crippen LogP contribution >= 0.6 is 0 Å². The largest absolute Gasteiger partial charge is 0.493 e. The van der Waals surface area contributed by atoms with Crippen molar-refractivity contribution in [3.05, 3.63) is 30.3 Å². The van der Waals surface area contributed by atoms with Crippen LogP contribution < -0.4 is 10.1 Å². The van der Waals surface area contributed by atoms with E-state index in [1.54, 1.807) is 0 Å². The van der Waals surface area contributed by atoms with Gasteiger partial charge >= 0.3 is 0 Å².